The Bertz CT molecular complexity index is 303. The molecule has 0 amide bonds. The fourth-order valence-corrected chi connectivity index (χ4v) is 0.385. The maximum Gasteiger partial charge on any atom is 0.346 e. The van der Waals surface area contributed by atoms with Crippen molar-refractivity contribution < 1.29 is 9.90 Å². The molecule has 6 nitrogen and oxygen atoms in total. The summed E-state index contributed by atoms with van der Waals surface area (Å²) in [4.78, 5) is 24.9. The second-order valence-electron chi connectivity index (χ2n) is 1.84. The van der Waals surface area contributed by atoms with Crippen LogP contribution in [0.1, 0.15) is 6.92 Å². The second kappa shape index (κ2) is 4.89. The first-order valence-corrected chi connectivity index (χ1v) is 3.03. The van der Waals surface area contributed by atoms with Crippen molar-refractivity contribution in [3.05, 3.63) is 22.7 Å². The Balaban J connectivity index is 0.000000261. The molecule has 0 aliphatic rings. The minimum Gasteiger partial charge on any atom is -0.481 e. The number of carboxylic acid groups (broad SMARTS) is 1. The van der Waals surface area contributed by atoms with Gasteiger partial charge in [-0.05, 0) is 6.07 Å². The number of nitrogen functional groups attached to an aromatic ring is 1. The lowest BCUT2D eigenvalue weighted by Gasteiger charge is -1.83. The van der Waals surface area contributed by atoms with Gasteiger partial charge in [0.1, 0.15) is 5.82 Å². The first-order chi connectivity index (χ1) is 5.52. The molecule has 0 spiro atoms. The number of aliphatic carboxylic acids is 1. The molecule has 1 aromatic heterocycles. The third-order valence-corrected chi connectivity index (χ3v) is 0.692. The lowest BCUT2D eigenvalue weighted by atomic mass is 10.6. The average Bonchev–Trinajstić information content (AvgIpc) is 1.84. The zero-order chi connectivity index (χ0) is 9.56. The normalized spacial score (nSPS) is 8.08. The predicted octanol–water partition coefficient (Wildman–Crippen LogP) is -0.557. The predicted molar refractivity (Wildman–Crippen MR) is 42.6 cm³/mol. The number of rotatable bonds is 0. The van der Waals surface area contributed by atoms with Crippen LogP contribution in [0.15, 0.2) is 17.1 Å². The molecule has 0 unspecified atom stereocenters. The lowest BCUT2D eigenvalue weighted by molar-refractivity contribution is -0.134. The monoisotopic (exact) mass is 171 g/mol. The van der Waals surface area contributed by atoms with Crippen molar-refractivity contribution in [1.29, 1.82) is 0 Å². The Morgan fingerprint density at radius 2 is 2.25 bits per heavy atom. The number of hydrogen-bond acceptors (Lipinski definition) is 4. The van der Waals surface area contributed by atoms with Crippen molar-refractivity contribution in [1.82, 2.24) is 9.97 Å². The summed E-state index contributed by atoms with van der Waals surface area (Å²) in [7, 11) is 0. The highest BCUT2D eigenvalue weighted by Gasteiger charge is 1.81. The SMILES string of the molecule is CC(=O)O.Nc1cc[nH]c(=O)n1. The number of nitrogens with two attached hydrogens (primary N) is 1. The lowest BCUT2D eigenvalue weighted by Crippen LogP contribution is -2.10. The van der Waals surface area contributed by atoms with Crippen LogP contribution in [0.25, 0.3) is 0 Å². The van der Waals surface area contributed by atoms with Crippen molar-refractivity contribution in [2.75, 3.05) is 5.73 Å². The Labute approximate surface area is 68.1 Å². The number of nitrogens with one attached hydrogen (secondary N) is 1. The van der Waals surface area contributed by atoms with Crippen LogP contribution in [-0.4, -0.2) is 21.0 Å². The summed E-state index contributed by atoms with van der Waals surface area (Å²) in [5.74, 6) is -0.589. The maximum absolute atomic E-state index is 10.2. The summed E-state index contributed by atoms with van der Waals surface area (Å²) in [6.07, 6.45) is 1.45. The molecule has 1 aromatic rings. The van der Waals surface area contributed by atoms with Crippen LogP contribution in [-0.2, 0) is 4.79 Å². The number of carboxylic acids is 1. The standard InChI is InChI=1S/C4H5N3O.C2H4O2/c5-3-1-2-6-4(8)7-3;1-2(3)4/h1-2H,(H3,5,6,7,8);1H3,(H,3,4). The molecule has 1 rings (SSSR count). The van der Waals surface area contributed by atoms with Crippen LogP contribution in [0.5, 0.6) is 0 Å². The van der Waals surface area contributed by atoms with E-state index in [9.17, 15) is 4.79 Å². The van der Waals surface area contributed by atoms with E-state index in [4.69, 9.17) is 15.6 Å². The zero-order valence-corrected chi connectivity index (χ0v) is 6.44. The van der Waals surface area contributed by atoms with Gasteiger partial charge in [0.15, 0.2) is 0 Å². The third kappa shape index (κ3) is 6.27. The highest BCUT2D eigenvalue weighted by atomic mass is 16.4. The minimum atomic E-state index is -0.833. The highest BCUT2D eigenvalue weighted by Crippen LogP contribution is 1.82. The number of hydrogen-bond donors (Lipinski definition) is 3. The molecule has 66 valence electrons. The summed E-state index contributed by atoms with van der Waals surface area (Å²) in [5, 5.41) is 7.42. The molecule has 0 saturated carbocycles. The van der Waals surface area contributed by atoms with E-state index >= 15 is 0 Å². The van der Waals surface area contributed by atoms with Crippen LogP contribution in [0.4, 0.5) is 5.82 Å². The van der Waals surface area contributed by atoms with E-state index < -0.39 is 11.7 Å². The number of anilines is 1. The van der Waals surface area contributed by atoms with E-state index in [1.54, 1.807) is 0 Å². The molecule has 1 heterocycles. The molecule has 12 heavy (non-hydrogen) atoms. The number of H-pyrrole nitrogens is 1. The maximum atomic E-state index is 10.2. The molecule has 0 fully saturated rings. The summed E-state index contributed by atoms with van der Waals surface area (Å²) in [5.41, 5.74) is 4.72. The summed E-state index contributed by atoms with van der Waals surface area (Å²) in [6, 6.07) is 1.52. The average molecular weight is 171 g/mol. The highest BCUT2D eigenvalue weighted by molar-refractivity contribution is 5.62. The zero-order valence-electron chi connectivity index (χ0n) is 6.44. The van der Waals surface area contributed by atoms with Gasteiger partial charge in [-0.25, -0.2) is 4.79 Å². The molecule has 0 aromatic carbocycles. The van der Waals surface area contributed by atoms with Crippen LogP contribution in [0, 0.1) is 0 Å². The molecule has 4 N–H and O–H groups in total. The van der Waals surface area contributed by atoms with Gasteiger partial charge >= 0.3 is 5.69 Å². The fraction of sp³-hybridized carbons (Fsp3) is 0.167. The van der Waals surface area contributed by atoms with Crippen LogP contribution >= 0.6 is 0 Å². The van der Waals surface area contributed by atoms with Gasteiger partial charge < -0.3 is 15.8 Å². The van der Waals surface area contributed by atoms with Gasteiger partial charge in [0.25, 0.3) is 5.97 Å². The van der Waals surface area contributed by atoms with E-state index in [-0.39, 0.29) is 5.82 Å². The number of carbonyl (C=O) groups is 1. The Morgan fingerprint density at radius 3 is 2.50 bits per heavy atom. The van der Waals surface area contributed by atoms with Crippen LogP contribution in [0.2, 0.25) is 0 Å². The Morgan fingerprint density at radius 1 is 1.75 bits per heavy atom. The third-order valence-electron chi connectivity index (χ3n) is 0.692. The van der Waals surface area contributed by atoms with Gasteiger partial charge in [-0.15, -0.1) is 0 Å². The fourth-order valence-electron chi connectivity index (χ4n) is 0.385. The first-order valence-electron chi connectivity index (χ1n) is 3.03. The van der Waals surface area contributed by atoms with E-state index in [2.05, 4.69) is 9.97 Å². The van der Waals surface area contributed by atoms with E-state index in [0.29, 0.717) is 0 Å². The topological polar surface area (TPSA) is 109 Å². The van der Waals surface area contributed by atoms with Crippen LogP contribution in [0.3, 0.4) is 0 Å². The first kappa shape index (κ1) is 10.2. The van der Waals surface area contributed by atoms with Crippen molar-refractivity contribution >= 4 is 11.8 Å². The molecule has 0 bridgehead atoms. The van der Waals surface area contributed by atoms with Gasteiger partial charge in [0.2, 0.25) is 0 Å². The van der Waals surface area contributed by atoms with Crippen molar-refractivity contribution in [3.63, 3.8) is 0 Å². The largest absolute Gasteiger partial charge is 0.481 e. The van der Waals surface area contributed by atoms with Gasteiger partial charge in [0.05, 0.1) is 0 Å². The number of aromatic nitrogens is 2. The van der Waals surface area contributed by atoms with Crippen molar-refractivity contribution in [2.24, 2.45) is 0 Å². The molecular formula is C6H9N3O3. The molecule has 6 heteroatoms. The Hall–Kier alpha value is -1.85. The molecule has 0 aliphatic heterocycles. The van der Waals surface area contributed by atoms with Gasteiger partial charge in [-0.3, -0.25) is 4.79 Å². The van der Waals surface area contributed by atoms with E-state index in [1.807, 2.05) is 0 Å². The smallest absolute Gasteiger partial charge is 0.346 e. The molecular weight excluding hydrogens is 162 g/mol. The summed E-state index contributed by atoms with van der Waals surface area (Å²) in [6.45, 7) is 1.08. The molecule has 0 aliphatic carbocycles. The molecule has 0 radical (unpaired) electrons. The summed E-state index contributed by atoms with van der Waals surface area (Å²) >= 11 is 0. The Kier molecular flexibility index (Phi) is 4.13. The van der Waals surface area contributed by atoms with E-state index in [0.717, 1.165) is 6.92 Å². The number of aromatic amines is 1. The van der Waals surface area contributed by atoms with Crippen molar-refractivity contribution in [2.45, 2.75) is 6.92 Å². The number of nitrogens with zero attached hydrogens (tertiary/aromatic N) is 1. The molecule has 0 atom stereocenters. The minimum absolute atomic E-state index is 0.244. The van der Waals surface area contributed by atoms with Crippen LogP contribution < -0.4 is 11.4 Å². The molecule has 0 saturated heterocycles. The van der Waals surface area contributed by atoms with E-state index in [1.165, 1.54) is 12.3 Å². The second-order valence-corrected chi connectivity index (χ2v) is 1.84. The quantitative estimate of drug-likeness (QED) is 0.485. The van der Waals surface area contributed by atoms with Gasteiger partial charge in [0, 0.05) is 13.1 Å². The van der Waals surface area contributed by atoms with Crippen molar-refractivity contribution in [3.8, 4) is 0 Å². The summed E-state index contributed by atoms with van der Waals surface area (Å²) < 4.78 is 0. The van der Waals surface area contributed by atoms with Gasteiger partial charge in [-0.2, -0.15) is 4.98 Å². The van der Waals surface area contributed by atoms with Gasteiger partial charge in [-0.1, -0.05) is 0 Å².